The third-order valence-electron chi connectivity index (χ3n) is 3.53. The molecule has 0 atom stereocenters. The Kier molecular flexibility index (Phi) is 7.65. The van der Waals surface area contributed by atoms with Crippen LogP contribution in [0.1, 0.15) is 18.4 Å². The predicted molar refractivity (Wildman–Crippen MR) is 90.7 cm³/mol. The van der Waals surface area contributed by atoms with Crippen LogP contribution in [0.2, 0.25) is 5.02 Å². The van der Waals surface area contributed by atoms with Gasteiger partial charge in [-0.2, -0.15) is 0 Å². The standard InChI is InChI=1S/C15H20ClN3O2.ClH/c1-10-2-3-13(12(16)8-10)19-14(20)9-18-15(21)11-4-6-17-7-5-11;/h2-3,8,11,17H,4-7,9H2,1H3,(H,18,21)(H,19,20);1H. The Morgan fingerprint density at radius 2 is 2.00 bits per heavy atom. The van der Waals surface area contributed by atoms with Crippen LogP contribution in [0, 0.1) is 12.8 Å². The number of piperidine rings is 1. The maximum Gasteiger partial charge on any atom is 0.243 e. The summed E-state index contributed by atoms with van der Waals surface area (Å²) in [5.41, 5.74) is 1.58. The number of rotatable bonds is 4. The zero-order valence-electron chi connectivity index (χ0n) is 12.4. The number of aryl methyl sites for hydroxylation is 1. The molecule has 1 fully saturated rings. The highest BCUT2D eigenvalue weighted by Crippen LogP contribution is 2.22. The van der Waals surface area contributed by atoms with Crippen molar-refractivity contribution >= 4 is 41.5 Å². The number of carbonyl (C=O) groups is 2. The van der Waals surface area contributed by atoms with Gasteiger partial charge in [0.1, 0.15) is 0 Å². The zero-order valence-corrected chi connectivity index (χ0v) is 14.0. The lowest BCUT2D eigenvalue weighted by Crippen LogP contribution is -2.41. The number of anilines is 1. The highest BCUT2D eigenvalue weighted by Gasteiger charge is 2.21. The van der Waals surface area contributed by atoms with Crippen molar-refractivity contribution in [1.82, 2.24) is 10.6 Å². The van der Waals surface area contributed by atoms with Crippen molar-refractivity contribution in [2.75, 3.05) is 25.0 Å². The van der Waals surface area contributed by atoms with Crippen LogP contribution >= 0.6 is 24.0 Å². The molecule has 3 N–H and O–H groups in total. The fraction of sp³-hybridized carbons (Fsp3) is 0.467. The molecule has 0 spiro atoms. The van der Waals surface area contributed by atoms with Crippen LogP contribution in [-0.4, -0.2) is 31.4 Å². The van der Waals surface area contributed by atoms with Crippen molar-refractivity contribution in [2.45, 2.75) is 19.8 Å². The fourth-order valence-electron chi connectivity index (χ4n) is 2.31. The lowest BCUT2D eigenvalue weighted by atomic mass is 9.97. The summed E-state index contributed by atoms with van der Waals surface area (Å²) >= 11 is 6.05. The minimum atomic E-state index is -0.275. The molecule has 2 rings (SSSR count). The summed E-state index contributed by atoms with van der Waals surface area (Å²) in [5, 5.41) is 9.08. The monoisotopic (exact) mass is 345 g/mol. The Morgan fingerprint density at radius 1 is 1.32 bits per heavy atom. The first kappa shape index (κ1) is 18.7. The van der Waals surface area contributed by atoms with Crippen LogP contribution in [-0.2, 0) is 9.59 Å². The molecule has 0 radical (unpaired) electrons. The summed E-state index contributed by atoms with van der Waals surface area (Å²) in [6, 6.07) is 5.41. The molecule has 1 heterocycles. The number of carbonyl (C=O) groups excluding carboxylic acids is 2. The molecule has 0 aliphatic carbocycles. The highest BCUT2D eigenvalue weighted by atomic mass is 35.5. The minimum Gasteiger partial charge on any atom is -0.347 e. The molecule has 7 heteroatoms. The van der Waals surface area contributed by atoms with Gasteiger partial charge in [0, 0.05) is 5.92 Å². The van der Waals surface area contributed by atoms with Crippen molar-refractivity contribution in [3.8, 4) is 0 Å². The maximum absolute atomic E-state index is 11.9. The quantitative estimate of drug-likeness (QED) is 0.782. The average Bonchev–Trinajstić information content (AvgIpc) is 2.48. The Bertz CT molecular complexity index is 532. The molecular weight excluding hydrogens is 325 g/mol. The number of nitrogens with one attached hydrogen (secondary N) is 3. The molecule has 5 nitrogen and oxygen atoms in total. The summed E-state index contributed by atoms with van der Waals surface area (Å²) in [6.45, 7) is 3.59. The number of hydrogen-bond donors (Lipinski definition) is 3. The normalized spacial score (nSPS) is 14.8. The summed E-state index contributed by atoms with van der Waals surface area (Å²) in [7, 11) is 0. The molecule has 122 valence electrons. The predicted octanol–water partition coefficient (Wildman–Crippen LogP) is 2.12. The van der Waals surface area contributed by atoms with Gasteiger partial charge in [-0.15, -0.1) is 12.4 Å². The molecule has 1 saturated heterocycles. The maximum atomic E-state index is 11.9. The number of halogens is 2. The van der Waals surface area contributed by atoms with Crippen molar-refractivity contribution in [3.05, 3.63) is 28.8 Å². The highest BCUT2D eigenvalue weighted by molar-refractivity contribution is 6.33. The number of benzene rings is 1. The van der Waals surface area contributed by atoms with E-state index < -0.39 is 0 Å². The third kappa shape index (κ3) is 5.48. The average molecular weight is 346 g/mol. The number of hydrogen-bond acceptors (Lipinski definition) is 3. The molecule has 1 aliphatic rings. The second kappa shape index (κ2) is 8.98. The summed E-state index contributed by atoms with van der Waals surface area (Å²) in [5.74, 6) is -0.327. The fourth-order valence-corrected chi connectivity index (χ4v) is 2.59. The third-order valence-corrected chi connectivity index (χ3v) is 3.84. The van der Waals surface area contributed by atoms with Gasteiger partial charge in [0.2, 0.25) is 11.8 Å². The van der Waals surface area contributed by atoms with Crippen LogP contribution in [0.5, 0.6) is 0 Å². The van der Waals surface area contributed by atoms with Crippen molar-refractivity contribution < 1.29 is 9.59 Å². The van der Waals surface area contributed by atoms with E-state index in [9.17, 15) is 9.59 Å². The Labute approximate surface area is 141 Å². The molecule has 0 aromatic heterocycles. The first-order valence-electron chi connectivity index (χ1n) is 7.10. The van der Waals surface area contributed by atoms with E-state index in [0.29, 0.717) is 10.7 Å². The summed E-state index contributed by atoms with van der Waals surface area (Å²) < 4.78 is 0. The lowest BCUT2D eigenvalue weighted by Gasteiger charge is -2.21. The molecule has 22 heavy (non-hydrogen) atoms. The van der Waals surface area contributed by atoms with Gasteiger partial charge in [-0.1, -0.05) is 17.7 Å². The van der Waals surface area contributed by atoms with E-state index in [2.05, 4.69) is 16.0 Å². The van der Waals surface area contributed by atoms with E-state index in [4.69, 9.17) is 11.6 Å². The second-order valence-electron chi connectivity index (χ2n) is 5.27. The molecule has 1 aliphatic heterocycles. The van der Waals surface area contributed by atoms with Crippen molar-refractivity contribution in [2.24, 2.45) is 5.92 Å². The topological polar surface area (TPSA) is 70.2 Å². The minimum absolute atomic E-state index is 0. The van der Waals surface area contributed by atoms with Gasteiger partial charge < -0.3 is 16.0 Å². The van der Waals surface area contributed by atoms with Crippen molar-refractivity contribution in [1.29, 1.82) is 0 Å². The van der Waals surface area contributed by atoms with Crippen LogP contribution < -0.4 is 16.0 Å². The van der Waals surface area contributed by atoms with Gasteiger partial charge in [0.25, 0.3) is 0 Å². The van der Waals surface area contributed by atoms with Gasteiger partial charge in [0.15, 0.2) is 0 Å². The van der Waals surface area contributed by atoms with Gasteiger partial charge in [-0.05, 0) is 50.6 Å². The molecule has 0 unspecified atom stereocenters. The molecule has 0 saturated carbocycles. The van der Waals surface area contributed by atoms with Gasteiger partial charge in [-0.3, -0.25) is 9.59 Å². The van der Waals surface area contributed by atoms with E-state index in [-0.39, 0.29) is 36.7 Å². The van der Waals surface area contributed by atoms with E-state index in [1.807, 2.05) is 13.0 Å². The van der Waals surface area contributed by atoms with Crippen LogP contribution in [0.25, 0.3) is 0 Å². The van der Waals surface area contributed by atoms with Gasteiger partial charge >= 0.3 is 0 Å². The van der Waals surface area contributed by atoms with E-state index >= 15 is 0 Å². The molecule has 1 aromatic rings. The van der Waals surface area contributed by atoms with E-state index in [1.54, 1.807) is 12.1 Å². The smallest absolute Gasteiger partial charge is 0.243 e. The van der Waals surface area contributed by atoms with E-state index in [1.165, 1.54) is 0 Å². The second-order valence-corrected chi connectivity index (χ2v) is 5.68. The SMILES string of the molecule is Cc1ccc(NC(=O)CNC(=O)C2CCNCC2)c(Cl)c1.Cl. The number of amides is 2. The first-order valence-corrected chi connectivity index (χ1v) is 7.48. The largest absolute Gasteiger partial charge is 0.347 e. The van der Waals surface area contributed by atoms with Crippen LogP contribution in [0.4, 0.5) is 5.69 Å². The van der Waals surface area contributed by atoms with Gasteiger partial charge in [-0.25, -0.2) is 0 Å². The summed E-state index contributed by atoms with van der Waals surface area (Å²) in [4.78, 5) is 23.8. The first-order chi connectivity index (χ1) is 10.1. The molecule has 2 amide bonds. The molecular formula is C15H21Cl2N3O2. The van der Waals surface area contributed by atoms with E-state index in [0.717, 1.165) is 31.5 Å². The van der Waals surface area contributed by atoms with Crippen LogP contribution in [0.15, 0.2) is 18.2 Å². The van der Waals surface area contributed by atoms with Crippen LogP contribution in [0.3, 0.4) is 0 Å². The zero-order chi connectivity index (χ0) is 15.2. The van der Waals surface area contributed by atoms with Gasteiger partial charge in [0.05, 0.1) is 17.3 Å². The summed E-state index contributed by atoms with van der Waals surface area (Å²) in [6.07, 6.45) is 1.63. The molecule has 1 aromatic carbocycles. The Balaban J connectivity index is 0.00000242. The Hall–Kier alpha value is -1.30. The Morgan fingerprint density at radius 3 is 2.64 bits per heavy atom. The van der Waals surface area contributed by atoms with Crippen molar-refractivity contribution in [3.63, 3.8) is 0 Å². The molecule has 0 bridgehead atoms. The lowest BCUT2D eigenvalue weighted by molar-refractivity contribution is -0.127.